The van der Waals surface area contributed by atoms with Crippen LogP contribution < -0.4 is 15.5 Å². The number of para-hydroxylation sites is 1. The number of amides is 1. The molecule has 5 rings (SSSR count). The Kier molecular flexibility index (Phi) is 9.04. The van der Waals surface area contributed by atoms with E-state index in [-0.39, 0.29) is 23.7 Å². The molecule has 0 aliphatic carbocycles. The summed E-state index contributed by atoms with van der Waals surface area (Å²) in [4.78, 5) is 20.3. The first-order chi connectivity index (χ1) is 20.0. The summed E-state index contributed by atoms with van der Waals surface area (Å²) >= 11 is 6.16. The first-order valence-electron chi connectivity index (χ1n) is 14.6. The van der Waals surface area contributed by atoms with E-state index in [0.717, 1.165) is 29.5 Å². The Balaban J connectivity index is 1.34. The van der Waals surface area contributed by atoms with E-state index in [1.54, 1.807) is 6.07 Å². The van der Waals surface area contributed by atoms with Gasteiger partial charge in [-0.2, -0.15) is 13.2 Å². The fraction of sp³-hybridized carbons (Fsp3) is 0.424. The monoisotopic (exact) mass is 598 g/mol. The largest absolute Gasteiger partial charge is 0.416 e. The van der Waals surface area contributed by atoms with Crippen molar-refractivity contribution >= 4 is 28.9 Å². The molecule has 9 heteroatoms. The lowest BCUT2D eigenvalue weighted by Gasteiger charge is -2.39. The number of nitrogens with two attached hydrogens (primary N) is 1. The van der Waals surface area contributed by atoms with Crippen molar-refractivity contribution in [1.29, 1.82) is 0 Å². The molecule has 0 radical (unpaired) electrons. The van der Waals surface area contributed by atoms with Gasteiger partial charge in [0.15, 0.2) is 0 Å². The number of halogens is 4. The molecule has 2 fully saturated rings. The van der Waals surface area contributed by atoms with E-state index in [1.807, 2.05) is 61.2 Å². The average molecular weight is 599 g/mol. The van der Waals surface area contributed by atoms with Crippen LogP contribution in [-0.2, 0) is 11.0 Å². The van der Waals surface area contributed by atoms with Gasteiger partial charge in [-0.3, -0.25) is 4.79 Å². The Morgan fingerprint density at radius 1 is 0.929 bits per heavy atom. The van der Waals surface area contributed by atoms with Crippen molar-refractivity contribution in [2.24, 2.45) is 17.6 Å². The van der Waals surface area contributed by atoms with E-state index in [9.17, 15) is 18.0 Å². The maximum atomic E-state index is 14.0. The van der Waals surface area contributed by atoms with E-state index in [4.69, 9.17) is 17.3 Å². The van der Waals surface area contributed by atoms with Gasteiger partial charge in [-0.05, 0) is 65.9 Å². The second-order valence-corrected chi connectivity index (χ2v) is 12.3. The SMILES string of the molecule is CC(C)C[C@H](N)c1cc(C(F)(F)F)ccc1N1CCN(C(=O)[C@@H]2CN(c3ccccc3)C[C@H]2c2ccc(Cl)cc2)CC1. The second-order valence-electron chi connectivity index (χ2n) is 11.8. The highest BCUT2D eigenvalue weighted by molar-refractivity contribution is 6.30. The molecule has 0 unspecified atom stereocenters. The van der Waals surface area contributed by atoms with Gasteiger partial charge >= 0.3 is 6.18 Å². The molecule has 2 saturated heterocycles. The molecule has 5 nitrogen and oxygen atoms in total. The van der Waals surface area contributed by atoms with Crippen LogP contribution in [0.1, 0.15) is 48.9 Å². The van der Waals surface area contributed by atoms with Gasteiger partial charge in [0.05, 0.1) is 11.5 Å². The van der Waals surface area contributed by atoms with Gasteiger partial charge in [-0.1, -0.05) is 55.8 Å². The van der Waals surface area contributed by atoms with Crippen molar-refractivity contribution in [1.82, 2.24) is 4.90 Å². The van der Waals surface area contributed by atoms with Gasteiger partial charge in [0.2, 0.25) is 5.91 Å². The Hall–Kier alpha value is -3.23. The first-order valence-corrected chi connectivity index (χ1v) is 14.9. The number of nitrogens with zero attached hydrogens (tertiary/aromatic N) is 3. The maximum absolute atomic E-state index is 14.0. The van der Waals surface area contributed by atoms with Crippen LogP contribution in [0, 0.1) is 11.8 Å². The minimum Gasteiger partial charge on any atom is -0.370 e. The third-order valence-electron chi connectivity index (χ3n) is 8.47. The van der Waals surface area contributed by atoms with E-state index in [2.05, 4.69) is 21.9 Å². The minimum absolute atomic E-state index is 0.0172. The summed E-state index contributed by atoms with van der Waals surface area (Å²) < 4.78 is 40.7. The molecule has 3 aromatic rings. The quantitative estimate of drug-likeness (QED) is 0.319. The van der Waals surface area contributed by atoms with E-state index in [0.29, 0.717) is 49.7 Å². The summed E-state index contributed by atoms with van der Waals surface area (Å²) in [5.74, 6) is 0.145. The summed E-state index contributed by atoms with van der Waals surface area (Å²) in [6.45, 7) is 7.40. The van der Waals surface area contributed by atoms with Crippen LogP contribution in [0.3, 0.4) is 0 Å². The number of alkyl halides is 3. The predicted octanol–water partition coefficient (Wildman–Crippen LogP) is 6.97. The van der Waals surface area contributed by atoms with E-state index >= 15 is 0 Å². The molecule has 0 spiro atoms. The normalized spacial score (nSPS) is 20.3. The zero-order chi connectivity index (χ0) is 30.0. The summed E-state index contributed by atoms with van der Waals surface area (Å²) in [5, 5.41) is 0.659. The van der Waals surface area contributed by atoms with Crippen LogP contribution in [-0.4, -0.2) is 50.1 Å². The topological polar surface area (TPSA) is 52.8 Å². The Bertz CT molecular complexity index is 1360. The van der Waals surface area contributed by atoms with Crippen molar-refractivity contribution in [3.05, 3.63) is 94.5 Å². The van der Waals surface area contributed by atoms with Crippen LogP contribution >= 0.6 is 11.6 Å². The number of hydrogen-bond donors (Lipinski definition) is 1. The second kappa shape index (κ2) is 12.6. The van der Waals surface area contributed by atoms with Crippen molar-refractivity contribution in [3.8, 4) is 0 Å². The summed E-state index contributed by atoms with van der Waals surface area (Å²) in [6.07, 6.45) is -3.86. The molecule has 3 atom stereocenters. The molecule has 0 bridgehead atoms. The number of carbonyl (C=O) groups excluding carboxylic acids is 1. The molecule has 3 aromatic carbocycles. The average Bonchev–Trinajstić information content (AvgIpc) is 3.42. The highest BCUT2D eigenvalue weighted by Crippen LogP contribution is 2.39. The molecule has 2 aliphatic rings. The molecular weight excluding hydrogens is 561 g/mol. The van der Waals surface area contributed by atoms with Crippen LogP contribution in [0.15, 0.2) is 72.8 Å². The van der Waals surface area contributed by atoms with Gasteiger partial charge in [0, 0.05) is 67.6 Å². The molecule has 1 amide bonds. The number of piperazine rings is 1. The molecule has 224 valence electrons. The lowest BCUT2D eigenvalue weighted by molar-refractivity contribution is -0.138. The van der Waals surface area contributed by atoms with Crippen molar-refractivity contribution in [3.63, 3.8) is 0 Å². The smallest absolute Gasteiger partial charge is 0.370 e. The van der Waals surface area contributed by atoms with E-state index < -0.39 is 17.8 Å². The molecule has 2 N–H and O–H groups in total. The van der Waals surface area contributed by atoms with Gasteiger partial charge < -0.3 is 20.4 Å². The van der Waals surface area contributed by atoms with Crippen LogP contribution in [0.5, 0.6) is 0 Å². The fourth-order valence-electron chi connectivity index (χ4n) is 6.30. The molecular formula is C33H38ClF3N4O. The summed E-state index contributed by atoms with van der Waals surface area (Å²) in [7, 11) is 0. The van der Waals surface area contributed by atoms with Gasteiger partial charge in [-0.15, -0.1) is 0 Å². The highest BCUT2D eigenvalue weighted by Gasteiger charge is 2.41. The maximum Gasteiger partial charge on any atom is 0.416 e. The number of anilines is 2. The fourth-order valence-corrected chi connectivity index (χ4v) is 6.43. The minimum atomic E-state index is -4.44. The van der Waals surface area contributed by atoms with Gasteiger partial charge in [0.1, 0.15) is 0 Å². The van der Waals surface area contributed by atoms with Crippen LogP contribution in [0.2, 0.25) is 5.02 Å². The third-order valence-corrected chi connectivity index (χ3v) is 8.72. The number of benzene rings is 3. The van der Waals surface area contributed by atoms with Gasteiger partial charge in [0.25, 0.3) is 0 Å². The van der Waals surface area contributed by atoms with Crippen LogP contribution in [0.4, 0.5) is 24.5 Å². The number of carbonyl (C=O) groups is 1. The van der Waals surface area contributed by atoms with E-state index in [1.165, 1.54) is 6.07 Å². The lowest BCUT2D eigenvalue weighted by atomic mass is 9.88. The highest BCUT2D eigenvalue weighted by atomic mass is 35.5. The molecule has 0 saturated carbocycles. The molecule has 2 heterocycles. The van der Waals surface area contributed by atoms with Crippen molar-refractivity contribution in [2.75, 3.05) is 49.1 Å². The number of rotatable bonds is 7. The Morgan fingerprint density at radius 2 is 1.60 bits per heavy atom. The predicted molar refractivity (Wildman–Crippen MR) is 163 cm³/mol. The van der Waals surface area contributed by atoms with Crippen LogP contribution in [0.25, 0.3) is 0 Å². The first kappa shape index (κ1) is 30.2. The van der Waals surface area contributed by atoms with Crippen molar-refractivity contribution in [2.45, 2.75) is 38.4 Å². The molecule has 42 heavy (non-hydrogen) atoms. The summed E-state index contributed by atoms with van der Waals surface area (Å²) in [5.41, 5.74) is 9.16. The lowest BCUT2D eigenvalue weighted by Crippen LogP contribution is -2.51. The molecule has 2 aliphatic heterocycles. The Labute approximate surface area is 251 Å². The third kappa shape index (κ3) is 6.70. The standard InChI is InChI=1S/C33H38ClF3N4O/c1-22(2)18-30(38)27-19-24(33(35,36)37)10-13-31(27)39-14-16-40(17-15-39)32(42)29-21-41(26-6-4-3-5-7-26)20-28(29)23-8-11-25(34)12-9-23/h3-13,19,22,28-30H,14-18,20-21,38H2,1-2H3/t28-,29+,30-/m0/s1. The zero-order valence-corrected chi connectivity index (χ0v) is 24.8. The molecule has 0 aromatic heterocycles. The summed E-state index contributed by atoms with van der Waals surface area (Å²) in [6, 6.07) is 21.2. The number of hydrogen-bond acceptors (Lipinski definition) is 4. The Morgan fingerprint density at radius 3 is 2.21 bits per heavy atom. The van der Waals surface area contributed by atoms with Gasteiger partial charge in [-0.25, -0.2) is 0 Å². The van der Waals surface area contributed by atoms with Crippen molar-refractivity contribution < 1.29 is 18.0 Å². The zero-order valence-electron chi connectivity index (χ0n) is 24.0.